The minimum atomic E-state index is -1.11. The molecule has 1 amide bonds. The standard InChI is InChI=1S/C26H31N3O6/c1-28(2)15-11-16(29-6-4-3-5-7-29)22(31)20-14(15)9-12-8-13-10-17(30)21(26(27)35)25(34)19(13)23(32)18(12)24(20)33/h11-13,19,31,33-34H,3-10H2,1-2H3,(H2,27,35)/t12-,13+,19?/m1/s1. The third-order valence-electron chi connectivity index (χ3n) is 8.02. The van der Waals surface area contributed by atoms with Crippen molar-refractivity contribution in [1.29, 1.82) is 0 Å². The van der Waals surface area contributed by atoms with E-state index in [-0.39, 0.29) is 35.0 Å². The van der Waals surface area contributed by atoms with E-state index in [1.807, 2.05) is 25.1 Å². The molecule has 1 aliphatic heterocycles. The molecule has 1 saturated heterocycles. The molecule has 2 fully saturated rings. The monoisotopic (exact) mass is 481 g/mol. The van der Waals surface area contributed by atoms with E-state index in [9.17, 15) is 29.7 Å². The number of phenolic OH excluding ortho intramolecular Hbond substituents is 1. The van der Waals surface area contributed by atoms with Crippen molar-refractivity contribution in [2.45, 2.75) is 38.5 Å². The zero-order valence-electron chi connectivity index (χ0n) is 20.0. The second kappa shape index (κ2) is 8.32. The summed E-state index contributed by atoms with van der Waals surface area (Å²) in [6.45, 7) is 1.59. The highest BCUT2D eigenvalue weighted by molar-refractivity contribution is 6.21. The van der Waals surface area contributed by atoms with Crippen LogP contribution in [0.25, 0.3) is 5.76 Å². The average Bonchev–Trinajstić information content (AvgIpc) is 2.78. The van der Waals surface area contributed by atoms with Gasteiger partial charge in [0.15, 0.2) is 11.6 Å². The number of aromatic hydroxyl groups is 1. The van der Waals surface area contributed by atoms with Gasteiger partial charge < -0.3 is 30.9 Å². The van der Waals surface area contributed by atoms with Crippen LogP contribution in [0.15, 0.2) is 23.0 Å². The number of phenols is 1. The Morgan fingerprint density at radius 3 is 2.40 bits per heavy atom. The first-order chi connectivity index (χ1) is 16.6. The Morgan fingerprint density at radius 1 is 1.09 bits per heavy atom. The molecule has 9 nitrogen and oxygen atoms in total. The van der Waals surface area contributed by atoms with Gasteiger partial charge in [0.2, 0.25) is 0 Å². The summed E-state index contributed by atoms with van der Waals surface area (Å²) in [5.41, 5.74) is 7.40. The number of anilines is 2. The van der Waals surface area contributed by atoms with Gasteiger partial charge in [-0.05, 0) is 55.6 Å². The van der Waals surface area contributed by atoms with E-state index in [0.29, 0.717) is 18.5 Å². The zero-order chi connectivity index (χ0) is 25.2. The van der Waals surface area contributed by atoms with Crippen LogP contribution in [0.4, 0.5) is 11.4 Å². The Morgan fingerprint density at radius 2 is 1.77 bits per heavy atom. The second-order valence-corrected chi connectivity index (χ2v) is 10.3. The van der Waals surface area contributed by atoms with Crippen molar-refractivity contribution in [2.24, 2.45) is 23.5 Å². The number of allylic oxidation sites excluding steroid dienone is 2. The highest BCUT2D eigenvalue weighted by Gasteiger charge is 2.51. The van der Waals surface area contributed by atoms with Crippen LogP contribution in [0.3, 0.4) is 0 Å². The Hall–Kier alpha value is -3.49. The van der Waals surface area contributed by atoms with Crippen molar-refractivity contribution in [3.05, 3.63) is 34.1 Å². The average molecular weight is 482 g/mol. The van der Waals surface area contributed by atoms with Gasteiger partial charge in [0, 0.05) is 44.9 Å². The van der Waals surface area contributed by atoms with Gasteiger partial charge in [-0.25, -0.2) is 0 Å². The molecule has 4 aliphatic rings. The molecule has 0 spiro atoms. The SMILES string of the molecule is CN(C)c1cc(N2CCCCC2)c(O)c2c1C[C@H]1C[C@H]3CC(=O)C(C(N)=O)=C(O)C3C(=O)C1=C2O. The molecule has 5 rings (SSSR count). The number of carbonyl (C=O) groups is 3. The summed E-state index contributed by atoms with van der Waals surface area (Å²) >= 11 is 0. The predicted octanol–water partition coefficient (Wildman–Crippen LogP) is 2.37. The lowest BCUT2D eigenvalue weighted by Gasteiger charge is -2.42. The van der Waals surface area contributed by atoms with E-state index in [4.69, 9.17) is 5.73 Å². The molecule has 3 atom stereocenters. The Labute approximate surface area is 203 Å². The quantitative estimate of drug-likeness (QED) is 0.482. The summed E-state index contributed by atoms with van der Waals surface area (Å²) in [7, 11) is 3.80. The maximum absolute atomic E-state index is 13.6. The van der Waals surface area contributed by atoms with Crippen LogP contribution in [0.1, 0.15) is 43.2 Å². The summed E-state index contributed by atoms with van der Waals surface area (Å²) in [5, 5.41) is 33.5. The van der Waals surface area contributed by atoms with E-state index in [1.54, 1.807) is 0 Å². The lowest BCUT2D eigenvalue weighted by Crippen LogP contribution is -2.44. The topological polar surface area (TPSA) is 144 Å². The summed E-state index contributed by atoms with van der Waals surface area (Å²) in [6.07, 6.45) is 3.89. The van der Waals surface area contributed by atoms with Gasteiger partial charge in [0.05, 0.1) is 17.2 Å². The van der Waals surface area contributed by atoms with E-state index < -0.39 is 40.6 Å². The van der Waals surface area contributed by atoms with Crippen molar-refractivity contribution in [3.8, 4) is 5.75 Å². The number of hydrogen-bond donors (Lipinski definition) is 4. The van der Waals surface area contributed by atoms with Gasteiger partial charge in [0.25, 0.3) is 5.91 Å². The smallest absolute Gasteiger partial charge is 0.255 e. The predicted molar refractivity (Wildman–Crippen MR) is 130 cm³/mol. The normalized spacial score (nSPS) is 26.3. The largest absolute Gasteiger partial charge is 0.511 e. The number of aliphatic hydroxyl groups is 2. The minimum absolute atomic E-state index is 0.0534. The molecule has 186 valence electrons. The molecule has 35 heavy (non-hydrogen) atoms. The summed E-state index contributed by atoms with van der Waals surface area (Å²) in [6, 6.07) is 1.95. The zero-order valence-corrected chi connectivity index (χ0v) is 20.0. The number of primary amides is 1. The number of Topliss-reactive ketones (excluding diaryl/α,β-unsaturated/α-hetero) is 2. The Kier molecular flexibility index (Phi) is 5.53. The lowest BCUT2D eigenvalue weighted by atomic mass is 9.61. The van der Waals surface area contributed by atoms with Crippen molar-refractivity contribution in [1.82, 2.24) is 0 Å². The van der Waals surface area contributed by atoms with Gasteiger partial charge in [-0.2, -0.15) is 0 Å². The van der Waals surface area contributed by atoms with Crippen molar-refractivity contribution in [3.63, 3.8) is 0 Å². The molecule has 9 heteroatoms. The van der Waals surface area contributed by atoms with Crippen molar-refractivity contribution < 1.29 is 29.7 Å². The van der Waals surface area contributed by atoms with Crippen LogP contribution in [0, 0.1) is 17.8 Å². The van der Waals surface area contributed by atoms with Gasteiger partial charge >= 0.3 is 0 Å². The number of hydrogen-bond acceptors (Lipinski definition) is 8. The molecule has 1 heterocycles. The van der Waals surface area contributed by atoms with Crippen LogP contribution in [0.5, 0.6) is 5.75 Å². The fourth-order valence-corrected chi connectivity index (χ4v) is 6.45. The second-order valence-electron chi connectivity index (χ2n) is 10.3. The highest BCUT2D eigenvalue weighted by atomic mass is 16.3. The number of aliphatic hydroxyl groups excluding tert-OH is 2. The van der Waals surface area contributed by atoms with Crippen LogP contribution in [-0.2, 0) is 20.8 Å². The maximum atomic E-state index is 13.6. The molecule has 3 aliphatic carbocycles. The number of ketones is 2. The third-order valence-corrected chi connectivity index (χ3v) is 8.02. The van der Waals surface area contributed by atoms with Crippen LogP contribution < -0.4 is 15.5 Å². The molecule has 0 aromatic heterocycles. The number of piperidine rings is 1. The number of amides is 1. The number of nitrogens with zero attached hydrogens (tertiary/aromatic N) is 2. The van der Waals surface area contributed by atoms with Gasteiger partial charge in [-0.3, -0.25) is 14.4 Å². The maximum Gasteiger partial charge on any atom is 0.255 e. The van der Waals surface area contributed by atoms with Crippen LogP contribution in [0.2, 0.25) is 0 Å². The first kappa shape index (κ1) is 23.3. The summed E-state index contributed by atoms with van der Waals surface area (Å²) in [5.74, 6) is -5.04. The Bertz CT molecular complexity index is 1210. The molecular formula is C26H31N3O6. The molecule has 0 radical (unpaired) electrons. The molecule has 1 unspecified atom stereocenters. The fourth-order valence-electron chi connectivity index (χ4n) is 6.45. The molecular weight excluding hydrogens is 450 g/mol. The van der Waals surface area contributed by atoms with Crippen molar-refractivity contribution >= 4 is 34.6 Å². The van der Waals surface area contributed by atoms with Gasteiger partial charge in [0.1, 0.15) is 22.8 Å². The highest BCUT2D eigenvalue weighted by Crippen LogP contribution is 2.53. The van der Waals surface area contributed by atoms with Gasteiger partial charge in [-0.15, -0.1) is 0 Å². The number of carbonyl (C=O) groups excluding carboxylic acids is 3. The minimum Gasteiger partial charge on any atom is -0.511 e. The molecule has 0 bridgehead atoms. The number of rotatable bonds is 3. The summed E-state index contributed by atoms with van der Waals surface area (Å²) < 4.78 is 0. The summed E-state index contributed by atoms with van der Waals surface area (Å²) in [4.78, 5) is 41.9. The number of nitrogens with two attached hydrogens (primary N) is 1. The number of benzene rings is 1. The van der Waals surface area contributed by atoms with Crippen LogP contribution >= 0.6 is 0 Å². The molecule has 5 N–H and O–H groups in total. The third kappa shape index (κ3) is 3.47. The first-order valence-corrected chi connectivity index (χ1v) is 12.2. The lowest BCUT2D eigenvalue weighted by molar-refractivity contribution is -0.127. The van der Waals surface area contributed by atoms with Crippen molar-refractivity contribution in [2.75, 3.05) is 37.0 Å². The molecule has 1 aromatic carbocycles. The Balaban J connectivity index is 1.67. The van der Waals surface area contributed by atoms with Gasteiger partial charge in [-0.1, -0.05) is 0 Å². The van der Waals surface area contributed by atoms with E-state index >= 15 is 0 Å². The van der Waals surface area contributed by atoms with E-state index in [2.05, 4.69) is 4.90 Å². The molecule has 1 saturated carbocycles. The van der Waals surface area contributed by atoms with Crippen LogP contribution in [-0.4, -0.2) is 60.0 Å². The molecule has 1 aromatic rings. The van der Waals surface area contributed by atoms with E-state index in [1.165, 1.54) is 0 Å². The fraction of sp³-hybridized carbons (Fsp3) is 0.500. The van der Waals surface area contributed by atoms with E-state index in [0.717, 1.165) is 43.6 Å². The first-order valence-electron chi connectivity index (χ1n) is 12.2. The number of fused-ring (bicyclic) bond motifs is 3.